The van der Waals surface area contributed by atoms with Gasteiger partial charge in [-0.05, 0) is 44.0 Å². The molecule has 87 valence electrons. The van der Waals surface area contributed by atoms with Crippen molar-refractivity contribution in [3.05, 3.63) is 37.3 Å². The zero-order chi connectivity index (χ0) is 11.2. The monoisotopic (exact) mass is 218 g/mol. The van der Waals surface area contributed by atoms with Crippen LogP contribution < -0.4 is 4.74 Å². The summed E-state index contributed by atoms with van der Waals surface area (Å²) in [6, 6.07) is 10.0. The Balaban J connectivity index is 1.65. The molecule has 2 rings (SSSR count). The Labute approximate surface area is 98.2 Å². The number of rotatable bonds is 4. The molecule has 1 radical (unpaired) electrons. The average molecular weight is 218 g/mol. The lowest BCUT2D eigenvalue weighted by Gasteiger charge is -2.29. The van der Waals surface area contributed by atoms with E-state index < -0.39 is 0 Å². The molecule has 0 aliphatic carbocycles. The summed E-state index contributed by atoms with van der Waals surface area (Å²) in [5.74, 6) is 1.63. The van der Waals surface area contributed by atoms with Crippen LogP contribution in [0.3, 0.4) is 0 Å². The first-order valence-electron chi connectivity index (χ1n) is 6.08. The fourth-order valence-electron chi connectivity index (χ4n) is 2.02. The summed E-state index contributed by atoms with van der Waals surface area (Å²) < 4.78 is 5.68. The summed E-state index contributed by atoms with van der Waals surface area (Å²) in [5, 5.41) is 0. The van der Waals surface area contributed by atoms with E-state index >= 15 is 0 Å². The molecule has 1 saturated heterocycles. The van der Waals surface area contributed by atoms with Crippen molar-refractivity contribution in [2.24, 2.45) is 5.92 Å². The van der Waals surface area contributed by atoms with Gasteiger partial charge < -0.3 is 4.74 Å². The quantitative estimate of drug-likeness (QED) is 0.770. The molecule has 0 spiro atoms. The first-order valence-corrected chi connectivity index (χ1v) is 6.08. The summed E-state index contributed by atoms with van der Waals surface area (Å²) in [4.78, 5) is 2.46. The van der Waals surface area contributed by atoms with Gasteiger partial charge in [-0.15, -0.1) is 0 Å². The Morgan fingerprint density at radius 2 is 1.88 bits per heavy atom. The lowest BCUT2D eigenvalue weighted by molar-refractivity contribution is 0.167. The normalized spacial score (nSPS) is 18.6. The zero-order valence-electron chi connectivity index (χ0n) is 9.77. The van der Waals surface area contributed by atoms with Gasteiger partial charge >= 0.3 is 0 Å². The van der Waals surface area contributed by atoms with Gasteiger partial charge in [0.1, 0.15) is 12.4 Å². The smallest absolute Gasteiger partial charge is 0.119 e. The van der Waals surface area contributed by atoms with Crippen LogP contribution >= 0.6 is 0 Å². The molecule has 1 aromatic rings. The lowest BCUT2D eigenvalue weighted by Crippen LogP contribution is -2.35. The molecular formula is C14H20NO. The number of piperidine rings is 1. The van der Waals surface area contributed by atoms with Gasteiger partial charge in [0.2, 0.25) is 0 Å². The highest BCUT2D eigenvalue weighted by atomic mass is 16.5. The standard InChI is InChI=1S/C14H20NO/c1-13-7-9-15(10-8-13)11-12-16-14-5-3-2-4-6-14/h2-6,13H,1,7-12H2. The maximum absolute atomic E-state index is 5.68. The van der Waals surface area contributed by atoms with Gasteiger partial charge in [-0.3, -0.25) is 4.90 Å². The summed E-state index contributed by atoms with van der Waals surface area (Å²) in [6.45, 7) is 8.26. The van der Waals surface area contributed by atoms with Crippen molar-refractivity contribution in [2.45, 2.75) is 12.8 Å². The van der Waals surface area contributed by atoms with Gasteiger partial charge in [0.15, 0.2) is 0 Å². The number of hydrogen-bond donors (Lipinski definition) is 0. The number of hydrogen-bond acceptors (Lipinski definition) is 2. The third kappa shape index (κ3) is 3.53. The van der Waals surface area contributed by atoms with Crippen LogP contribution in [0.4, 0.5) is 0 Å². The second-order valence-corrected chi connectivity index (χ2v) is 4.45. The third-order valence-electron chi connectivity index (χ3n) is 3.13. The molecule has 0 amide bonds. The highest BCUT2D eigenvalue weighted by Crippen LogP contribution is 2.15. The fraction of sp³-hybridized carbons (Fsp3) is 0.500. The minimum Gasteiger partial charge on any atom is -0.492 e. The SMILES string of the molecule is [CH2]C1CCN(CCOc2ccccc2)CC1. The average Bonchev–Trinajstić information content (AvgIpc) is 2.33. The first kappa shape index (κ1) is 11.5. The summed E-state index contributed by atoms with van der Waals surface area (Å²) in [7, 11) is 0. The molecular weight excluding hydrogens is 198 g/mol. The molecule has 0 bridgehead atoms. The molecule has 0 aromatic heterocycles. The number of likely N-dealkylation sites (tertiary alicyclic amines) is 1. The second kappa shape index (κ2) is 5.90. The van der Waals surface area contributed by atoms with Crippen molar-refractivity contribution < 1.29 is 4.74 Å². The van der Waals surface area contributed by atoms with Crippen molar-refractivity contribution in [1.82, 2.24) is 4.90 Å². The van der Waals surface area contributed by atoms with E-state index in [0.717, 1.165) is 18.9 Å². The van der Waals surface area contributed by atoms with Crippen LogP contribution in [0, 0.1) is 12.8 Å². The fourth-order valence-corrected chi connectivity index (χ4v) is 2.02. The van der Waals surface area contributed by atoms with Gasteiger partial charge in [0.25, 0.3) is 0 Å². The van der Waals surface area contributed by atoms with Gasteiger partial charge in [-0.1, -0.05) is 25.1 Å². The molecule has 1 aliphatic rings. The minimum atomic E-state index is 0.659. The van der Waals surface area contributed by atoms with Crippen molar-refractivity contribution in [2.75, 3.05) is 26.2 Å². The maximum Gasteiger partial charge on any atom is 0.119 e. The Morgan fingerprint density at radius 3 is 2.56 bits per heavy atom. The Bertz CT molecular complexity index is 291. The van der Waals surface area contributed by atoms with E-state index in [4.69, 9.17) is 4.74 Å². The van der Waals surface area contributed by atoms with Crippen molar-refractivity contribution in [3.63, 3.8) is 0 Å². The molecule has 1 fully saturated rings. The Hall–Kier alpha value is -1.02. The molecule has 0 atom stereocenters. The molecule has 0 unspecified atom stereocenters. The van der Waals surface area contributed by atoms with E-state index in [1.54, 1.807) is 0 Å². The minimum absolute atomic E-state index is 0.659. The van der Waals surface area contributed by atoms with Crippen LogP contribution in [-0.2, 0) is 0 Å². The van der Waals surface area contributed by atoms with Gasteiger partial charge in [0, 0.05) is 6.54 Å². The zero-order valence-corrected chi connectivity index (χ0v) is 9.77. The number of ether oxygens (including phenoxy) is 1. The molecule has 1 heterocycles. The predicted octanol–water partition coefficient (Wildman–Crippen LogP) is 2.61. The lowest BCUT2D eigenvalue weighted by atomic mass is 9.99. The van der Waals surface area contributed by atoms with Crippen LogP contribution in [0.15, 0.2) is 30.3 Å². The van der Waals surface area contributed by atoms with Gasteiger partial charge in [-0.25, -0.2) is 0 Å². The van der Waals surface area contributed by atoms with E-state index in [-0.39, 0.29) is 0 Å². The van der Waals surface area contributed by atoms with Crippen molar-refractivity contribution >= 4 is 0 Å². The highest BCUT2D eigenvalue weighted by Gasteiger charge is 2.14. The maximum atomic E-state index is 5.68. The molecule has 2 nitrogen and oxygen atoms in total. The van der Waals surface area contributed by atoms with Crippen molar-refractivity contribution in [1.29, 1.82) is 0 Å². The number of para-hydroxylation sites is 1. The number of nitrogens with zero attached hydrogens (tertiary/aromatic N) is 1. The molecule has 2 heteroatoms. The summed E-state index contributed by atoms with van der Waals surface area (Å²) >= 11 is 0. The Morgan fingerprint density at radius 1 is 1.19 bits per heavy atom. The molecule has 1 aromatic carbocycles. The number of benzene rings is 1. The van der Waals surface area contributed by atoms with E-state index in [2.05, 4.69) is 11.8 Å². The van der Waals surface area contributed by atoms with E-state index in [9.17, 15) is 0 Å². The highest BCUT2D eigenvalue weighted by molar-refractivity contribution is 5.20. The third-order valence-corrected chi connectivity index (χ3v) is 3.13. The van der Waals surface area contributed by atoms with Gasteiger partial charge in [0.05, 0.1) is 0 Å². The summed E-state index contributed by atoms with van der Waals surface area (Å²) in [6.07, 6.45) is 2.46. The Kier molecular flexibility index (Phi) is 4.23. The van der Waals surface area contributed by atoms with Crippen LogP contribution in [0.25, 0.3) is 0 Å². The molecule has 1 aliphatic heterocycles. The van der Waals surface area contributed by atoms with Crippen LogP contribution in [0.1, 0.15) is 12.8 Å². The largest absolute Gasteiger partial charge is 0.492 e. The summed E-state index contributed by atoms with van der Waals surface area (Å²) in [5.41, 5.74) is 0. The van der Waals surface area contributed by atoms with Crippen LogP contribution in [0.2, 0.25) is 0 Å². The van der Waals surface area contributed by atoms with Crippen LogP contribution in [0.5, 0.6) is 5.75 Å². The van der Waals surface area contributed by atoms with Crippen LogP contribution in [-0.4, -0.2) is 31.1 Å². The van der Waals surface area contributed by atoms with Gasteiger partial charge in [-0.2, -0.15) is 0 Å². The van der Waals surface area contributed by atoms with E-state index in [1.165, 1.54) is 25.9 Å². The van der Waals surface area contributed by atoms with E-state index in [0.29, 0.717) is 5.92 Å². The van der Waals surface area contributed by atoms with Crippen molar-refractivity contribution in [3.8, 4) is 5.75 Å². The molecule has 16 heavy (non-hydrogen) atoms. The predicted molar refractivity (Wildman–Crippen MR) is 66.5 cm³/mol. The topological polar surface area (TPSA) is 12.5 Å². The first-order chi connectivity index (χ1) is 7.84. The molecule has 0 N–H and O–H groups in total. The van der Waals surface area contributed by atoms with E-state index in [1.807, 2.05) is 30.3 Å². The molecule has 0 saturated carbocycles. The second-order valence-electron chi connectivity index (χ2n) is 4.45.